The zero-order valence-corrected chi connectivity index (χ0v) is 98.2. The second-order valence-corrected chi connectivity index (χ2v) is 127. The Morgan fingerprint density at radius 2 is 0.484 bits per heavy atom. The van der Waals surface area contributed by atoms with Crippen molar-refractivity contribution in [1.29, 1.82) is 0 Å². The zero-order valence-electron chi connectivity index (χ0n) is 42.5. The number of rotatable bonds is 8. The van der Waals surface area contributed by atoms with Gasteiger partial charge in [-0.15, -0.1) is 0 Å². The Balaban J connectivity index is 0. The van der Waals surface area contributed by atoms with Crippen molar-refractivity contribution < 1.29 is 14.7 Å². The van der Waals surface area contributed by atoms with E-state index in [9.17, 15) is 9.59 Å². The number of carbonyl (C=O) groups excluding carboxylic acids is 1. The molecule has 1 aromatic carbocycles. The van der Waals surface area contributed by atoms with Crippen LogP contribution in [0.2, 0.25) is 0 Å². The highest BCUT2D eigenvalue weighted by Gasteiger charge is 2.14. The number of carbonyl (C=O) groups is 2. The molecule has 0 heterocycles. The zero-order chi connectivity index (χ0) is 66.8. The molecule has 0 fully saturated rings. The smallest absolute Gasteiger partial charge is 0.303 e. The Morgan fingerprint density at radius 1 is 0.319 bits per heavy atom. The van der Waals surface area contributed by atoms with Gasteiger partial charge in [0.25, 0.3) is 0 Å². The molecular weight excluding hydrogens is 2470 g/mol. The highest BCUT2D eigenvalue weighted by Crippen LogP contribution is 2.19. The maximum absolute atomic E-state index is 11.5. The number of hydrogen-bond donors (Lipinski definition) is 4. The standard InChI is InChI=1S/C13H19NOS.C6H12O2S.S66/c1-13(2,16)9-8-12(15)14-10-11-6-4-3-5-7-11;1-6(2,9)4-3-5(7)8;1-3-5-7-9-11-13-15-17-19-21-23-25-27-29-31-33-35-37-39-41-43-45-47-49-51-53-55-57-59-61-63-65-66-64-62-60-58-56-54-52-50-48-46-44-42-40-38-36-34-32-30-28-26-24-22-20-18-16-14-12-10-8-6-4-2/h3-7,16H,8-10H2,1-2H3,(H,14,15);9H,3-4H2,1-2H3,(H,7,8);. The molecule has 0 unspecified atom stereocenters. The number of amides is 1. The van der Waals surface area contributed by atoms with Gasteiger partial charge in [-0.25, -0.2) is 0 Å². The minimum atomic E-state index is -0.753. The summed E-state index contributed by atoms with van der Waals surface area (Å²) < 4.78 is -0.234. The molecule has 0 aromatic heterocycles. The van der Waals surface area contributed by atoms with Crippen LogP contribution in [0.4, 0.5) is 0 Å². The highest BCUT2D eigenvalue weighted by atomic mass is 33.5. The molecule has 1 rings (SSSR count). The summed E-state index contributed by atoms with van der Waals surface area (Å²) in [6.07, 6.45) is 2.14. The van der Waals surface area contributed by atoms with E-state index in [1.807, 2.05) is 502 Å². The fourth-order valence-electron chi connectivity index (χ4n) is 2.42. The second-order valence-electron chi connectivity index (χ2n) is 11.6. The van der Waals surface area contributed by atoms with Gasteiger partial charge in [-0.2, -0.15) is 25.3 Å². The summed E-state index contributed by atoms with van der Waals surface area (Å²) >= 11 is 18.2. The lowest BCUT2D eigenvalue weighted by Crippen LogP contribution is -2.24. The van der Waals surface area contributed by atoms with Gasteiger partial charge in [0.15, 0.2) is 0 Å². The lowest BCUT2D eigenvalue weighted by Gasteiger charge is -2.16. The van der Waals surface area contributed by atoms with Crippen molar-refractivity contribution in [2.24, 2.45) is 0 Å². The Hall–Kier alpha value is 13.4. The van der Waals surface area contributed by atoms with Gasteiger partial charge in [0.2, 0.25) is 5.91 Å². The summed E-state index contributed by atoms with van der Waals surface area (Å²) in [7, 11) is 115. The van der Waals surface area contributed by atoms with Crippen LogP contribution in [0.5, 0.6) is 0 Å². The van der Waals surface area contributed by atoms with Crippen molar-refractivity contribution in [2.75, 3.05) is 0 Å². The van der Waals surface area contributed by atoms with E-state index in [1.54, 1.807) is 107 Å². The first-order valence-corrected chi connectivity index (χ1v) is 107. The molecule has 0 saturated carbocycles. The largest absolute Gasteiger partial charge is 0.481 e. The van der Waals surface area contributed by atoms with Crippen LogP contribution >= 0.6 is 25.3 Å². The van der Waals surface area contributed by atoms with Crippen LogP contribution in [0.15, 0.2) is 30.3 Å². The van der Waals surface area contributed by atoms with E-state index in [0.717, 1.165) is 12.0 Å². The SMILES string of the molecule is CC(C)(S)CCC(=O)NCc1ccccc1.CC(C)(S)CCC(=O)O.S=S=S=S=S=S=S=S=S=S=S=S=S=S=S=S=S=S=S=S=S=S=S=S=S=S=S=S=S=S=S=S=S=S=S=S=S=S=S=S=S=S=S=S=S=S=S=S=S=S=S=S=S=S=S=S=S=S=S=S=S=S=S=S=S=S. The molecule has 538 valence electrons. The van der Waals surface area contributed by atoms with Crippen LogP contribution in [0.1, 0.15) is 58.9 Å². The number of nitrogens with one attached hydrogen (secondary N) is 1. The van der Waals surface area contributed by atoms with Crippen LogP contribution < -0.4 is 5.32 Å². The van der Waals surface area contributed by atoms with E-state index >= 15 is 0 Å². The third-order valence-corrected chi connectivity index (χ3v) is 145. The predicted octanol–water partition coefficient (Wildman–Crippen LogP) is 4.19. The summed E-state index contributed by atoms with van der Waals surface area (Å²) in [4.78, 5) is 21.5. The van der Waals surface area contributed by atoms with Crippen LogP contribution in [0, 0.1) is 0 Å². The number of carboxylic acids is 1. The van der Waals surface area contributed by atoms with Gasteiger partial charge < -0.3 is 10.4 Å². The lowest BCUT2D eigenvalue weighted by atomic mass is 10.1. The van der Waals surface area contributed by atoms with E-state index in [2.05, 4.69) is 30.6 Å². The number of benzene rings is 1. The summed E-state index contributed by atoms with van der Waals surface area (Å²) in [5, 5.41) is 11.1. The van der Waals surface area contributed by atoms with Gasteiger partial charge in [-0.05, 0) is 18.4 Å². The molecule has 0 atom stereocenters. The Kier molecular flexibility index (Phi) is 106. The molecule has 0 spiro atoms. The minimum absolute atomic E-state index is 0.0793. The molecule has 0 bridgehead atoms. The van der Waals surface area contributed by atoms with E-state index in [4.69, 9.17) is 27.5 Å². The van der Waals surface area contributed by atoms with Crippen molar-refractivity contribution in [3.05, 3.63) is 35.9 Å². The first kappa shape index (κ1) is 106. The number of hydrogen-bond acceptors (Lipinski definition) is 6. The van der Waals surface area contributed by atoms with E-state index < -0.39 is 5.97 Å². The molecule has 91 heavy (non-hydrogen) atoms. The van der Waals surface area contributed by atoms with Gasteiger partial charge in [-0.1, -0.05) is 58.0 Å². The third-order valence-electron chi connectivity index (χ3n) is 5.00. The Morgan fingerprint density at radius 3 is 0.626 bits per heavy atom. The van der Waals surface area contributed by atoms with E-state index in [0.29, 0.717) is 19.4 Å². The number of carboxylic acid groups (broad SMARTS) is 1. The predicted molar refractivity (Wildman–Crippen MR) is 597 cm³/mol. The average Bonchev–Trinajstić information content (AvgIpc) is 3.53. The van der Waals surface area contributed by atoms with E-state index in [1.165, 1.54) is 17.8 Å². The molecule has 2 N–H and O–H groups in total. The van der Waals surface area contributed by atoms with Gasteiger partial charge in [0.05, 0.1) is 0 Å². The topological polar surface area (TPSA) is 66.4 Å². The number of thiol groups is 2. The minimum Gasteiger partial charge on any atom is -0.481 e. The molecule has 4 nitrogen and oxygen atoms in total. The van der Waals surface area contributed by atoms with Gasteiger partial charge in [0, 0.05) is 620 Å². The fourth-order valence-corrected chi connectivity index (χ4v) is 173. The summed E-state index contributed by atoms with van der Waals surface area (Å²) in [5.74, 6) is -0.664. The second kappa shape index (κ2) is 90.6. The highest BCUT2D eigenvalue weighted by molar-refractivity contribution is 8.84. The summed E-state index contributed by atoms with van der Waals surface area (Å²) in [5.41, 5.74) is 1.13. The van der Waals surface area contributed by atoms with Gasteiger partial charge in [0.1, 0.15) is 0 Å². The Bertz CT molecular complexity index is 5510. The first-order chi connectivity index (χ1) is 44.3. The van der Waals surface area contributed by atoms with Crippen molar-refractivity contribution in [1.82, 2.24) is 5.32 Å². The molecule has 1 amide bonds. The summed E-state index contributed by atoms with van der Waals surface area (Å²) in [6, 6.07) is 9.91. The molecule has 0 saturated heterocycles. The van der Waals surface area contributed by atoms with E-state index in [-0.39, 0.29) is 21.8 Å². The molecular formula is C19H31NO3S68. The van der Waals surface area contributed by atoms with Crippen molar-refractivity contribution >= 4 is 628 Å². The van der Waals surface area contributed by atoms with Crippen molar-refractivity contribution in [2.45, 2.75) is 69.4 Å². The fraction of sp³-hybridized carbons (Fsp3) is 0.579. The van der Waals surface area contributed by atoms with Crippen molar-refractivity contribution in [3.8, 4) is 0 Å². The number of aliphatic carboxylic acids is 1. The first-order valence-electron chi connectivity index (χ1n) is 19.2. The summed E-state index contributed by atoms with van der Waals surface area (Å²) in [6.45, 7) is 8.44. The molecule has 1 aromatic rings. The van der Waals surface area contributed by atoms with Crippen LogP contribution in [-0.2, 0) is 607 Å². The lowest BCUT2D eigenvalue weighted by molar-refractivity contribution is -0.137. The van der Waals surface area contributed by atoms with Gasteiger partial charge in [-0.3, -0.25) is 9.59 Å². The van der Waals surface area contributed by atoms with Gasteiger partial charge >= 0.3 is 5.97 Å². The Labute approximate surface area is 733 Å². The van der Waals surface area contributed by atoms with Crippen molar-refractivity contribution in [3.63, 3.8) is 0 Å². The average molecular weight is 2500 g/mol. The maximum Gasteiger partial charge on any atom is 0.303 e. The molecule has 0 aliphatic carbocycles. The molecule has 0 aliphatic rings. The van der Waals surface area contributed by atoms with Crippen LogP contribution in [0.25, 0.3) is 0 Å². The van der Waals surface area contributed by atoms with Crippen LogP contribution in [0.3, 0.4) is 0 Å². The molecule has 72 heteroatoms. The van der Waals surface area contributed by atoms with Crippen LogP contribution in [-0.4, -0.2) is 26.5 Å². The molecule has 0 radical (unpaired) electrons. The normalized spacial score (nSPS) is 8.77. The quantitative estimate of drug-likeness (QED) is 0.295. The molecule has 0 aliphatic heterocycles. The monoisotopic (exact) mass is 2500 g/mol. The maximum atomic E-state index is 11.5. The third kappa shape index (κ3) is 103.